The van der Waals surface area contributed by atoms with Gasteiger partial charge in [-0.25, -0.2) is 0 Å². The molecular weight excluding hydrogens is 264 g/mol. The van der Waals surface area contributed by atoms with E-state index in [4.69, 9.17) is 10.5 Å². The van der Waals surface area contributed by atoms with Gasteiger partial charge in [0.1, 0.15) is 0 Å². The topological polar surface area (TPSA) is 119 Å². The molecule has 0 aliphatic heterocycles. The van der Waals surface area contributed by atoms with Gasteiger partial charge in [-0.05, 0) is 18.6 Å². The number of aromatic hydroxyl groups is 1. The maximum absolute atomic E-state index is 10.7. The molecule has 0 aliphatic carbocycles. The molecule has 0 heterocycles. The molecule has 0 aliphatic rings. The first kappa shape index (κ1) is 16.4. The van der Waals surface area contributed by atoms with E-state index < -0.39 is 28.5 Å². The number of benzene rings is 1. The summed E-state index contributed by atoms with van der Waals surface area (Å²) >= 11 is 0. The highest BCUT2D eigenvalue weighted by molar-refractivity contribution is 5.85. The van der Waals surface area contributed by atoms with Crippen LogP contribution in [0.5, 0.6) is 11.5 Å². The lowest BCUT2D eigenvalue weighted by atomic mass is 10.0. The normalized spacial score (nSPS) is 13.3. The Hall–Kier alpha value is -1.57. The number of rotatable bonds is 4. The summed E-state index contributed by atoms with van der Waals surface area (Å²) in [5, 5.41) is 29.6. The summed E-state index contributed by atoms with van der Waals surface area (Å²) in [5.74, 6) is -0.607. The van der Waals surface area contributed by atoms with E-state index in [0.29, 0.717) is 5.56 Å². The van der Waals surface area contributed by atoms with Crippen molar-refractivity contribution in [3.63, 3.8) is 0 Å². The molecular formula is C10H15ClN2O5. The minimum atomic E-state index is -0.871. The molecule has 1 aromatic carbocycles. The van der Waals surface area contributed by atoms with Crippen molar-refractivity contribution in [3.8, 4) is 11.5 Å². The largest absolute Gasteiger partial charge is 0.500 e. The molecule has 0 saturated carbocycles. The standard InChI is InChI=1S/C10H14N2O5.ClH/c1-5(13)9(11)6-3-7(12(15)16)10(14)8(4-6)17-2;/h3-5,9,13-14H,11H2,1-2H3;1H/t5-,9-;/m0./s1. The van der Waals surface area contributed by atoms with Crippen molar-refractivity contribution in [2.24, 2.45) is 5.73 Å². The van der Waals surface area contributed by atoms with E-state index in [9.17, 15) is 20.3 Å². The molecule has 0 amide bonds. The minimum Gasteiger partial charge on any atom is -0.500 e. The van der Waals surface area contributed by atoms with Gasteiger partial charge in [-0.3, -0.25) is 10.1 Å². The number of aliphatic hydroxyl groups is 1. The van der Waals surface area contributed by atoms with E-state index in [0.717, 1.165) is 6.07 Å². The SMILES string of the molecule is COc1cc([C@@H](N)[C@H](C)O)cc([N+](=O)[O-])c1O.Cl. The fourth-order valence-corrected chi connectivity index (χ4v) is 1.38. The van der Waals surface area contributed by atoms with Gasteiger partial charge in [0.2, 0.25) is 5.75 Å². The number of hydrogen-bond donors (Lipinski definition) is 3. The van der Waals surface area contributed by atoms with Crippen molar-refractivity contribution in [1.29, 1.82) is 0 Å². The lowest BCUT2D eigenvalue weighted by Crippen LogP contribution is -2.23. The number of phenolic OH excluding ortho intramolecular Hbond substituents is 1. The van der Waals surface area contributed by atoms with Gasteiger partial charge >= 0.3 is 5.69 Å². The van der Waals surface area contributed by atoms with E-state index in [-0.39, 0.29) is 18.2 Å². The Balaban J connectivity index is 0.00000289. The van der Waals surface area contributed by atoms with Gasteiger partial charge in [0.05, 0.1) is 24.2 Å². The maximum Gasteiger partial charge on any atom is 0.314 e. The third-order valence-corrected chi connectivity index (χ3v) is 2.40. The second-order valence-corrected chi connectivity index (χ2v) is 3.61. The zero-order valence-corrected chi connectivity index (χ0v) is 10.7. The smallest absolute Gasteiger partial charge is 0.314 e. The van der Waals surface area contributed by atoms with Gasteiger partial charge < -0.3 is 20.7 Å². The van der Waals surface area contributed by atoms with E-state index in [2.05, 4.69) is 0 Å². The Morgan fingerprint density at radius 1 is 1.50 bits per heavy atom. The number of aliphatic hydroxyl groups excluding tert-OH is 1. The molecule has 0 aromatic heterocycles. The zero-order chi connectivity index (χ0) is 13.2. The molecule has 8 heteroatoms. The van der Waals surface area contributed by atoms with Gasteiger partial charge in [-0.1, -0.05) is 0 Å². The molecule has 1 rings (SSSR count). The third kappa shape index (κ3) is 3.22. The molecule has 7 nitrogen and oxygen atoms in total. The summed E-state index contributed by atoms with van der Waals surface area (Å²) < 4.78 is 4.81. The second kappa shape index (κ2) is 6.39. The number of hydrogen-bond acceptors (Lipinski definition) is 6. The predicted octanol–water partition coefficient (Wildman–Crippen LogP) is 1.11. The molecule has 0 saturated heterocycles. The van der Waals surface area contributed by atoms with Crippen LogP contribution in [0.2, 0.25) is 0 Å². The molecule has 0 unspecified atom stereocenters. The number of methoxy groups -OCH3 is 1. The molecule has 0 fully saturated rings. The molecule has 4 N–H and O–H groups in total. The summed E-state index contributed by atoms with van der Waals surface area (Å²) in [5.41, 5.74) is 5.49. The summed E-state index contributed by atoms with van der Waals surface area (Å²) in [4.78, 5) is 9.98. The van der Waals surface area contributed by atoms with Crippen LogP contribution in [0.25, 0.3) is 0 Å². The highest BCUT2D eigenvalue weighted by Crippen LogP contribution is 2.38. The van der Waals surface area contributed by atoms with Crippen LogP contribution in [0.15, 0.2) is 12.1 Å². The Morgan fingerprint density at radius 2 is 2.06 bits per heavy atom. The number of halogens is 1. The van der Waals surface area contributed by atoms with Crippen LogP contribution in [0, 0.1) is 10.1 Å². The highest BCUT2D eigenvalue weighted by atomic mass is 35.5. The van der Waals surface area contributed by atoms with E-state index in [1.165, 1.54) is 20.1 Å². The quantitative estimate of drug-likeness (QED) is 0.561. The summed E-state index contributed by atoms with van der Waals surface area (Å²) in [6.07, 6.45) is -0.871. The van der Waals surface area contributed by atoms with Crippen LogP contribution in [0.4, 0.5) is 5.69 Å². The van der Waals surface area contributed by atoms with Crippen molar-refractivity contribution in [2.75, 3.05) is 7.11 Å². The van der Waals surface area contributed by atoms with E-state index in [1.807, 2.05) is 0 Å². The Morgan fingerprint density at radius 3 is 2.44 bits per heavy atom. The van der Waals surface area contributed by atoms with Gasteiger partial charge in [0, 0.05) is 6.07 Å². The average molecular weight is 279 g/mol. The highest BCUT2D eigenvalue weighted by Gasteiger charge is 2.23. The van der Waals surface area contributed by atoms with E-state index in [1.54, 1.807) is 0 Å². The van der Waals surface area contributed by atoms with Crippen LogP contribution >= 0.6 is 12.4 Å². The van der Waals surface area contributed by atoms with Crippen LogP contribution in [-0.4, -0.2) is 28.4 Å². The molecule has 1 aromatic rings. The van der Waals surface area contributed by atoms with Gasteiger partial charge in [0.25, 0.3) is 0 Å². The maximum atomic E-state index is 10.7. The number of ether oxygens (including phenoxy) is 1. The van der Waals surface area contributed by atoms with Gasteiger partial charge in [0.15, 0.2) is 5.75 Å². The summed E-state index contributed by atoms with van der Waals surface area (Å²) in [6.45, 7) is 1.47. The van der Waals surface area contributed by atoms with Crippen LogP contribution in [0.1, 0.15) is 18.5 Å². The molecule has 0 bridgehead atoms. The monoisotopic (exact) mass is 278 g/mol. The van der Waals surface area contributed by atoms with Crippen LogP contribution in [-0.2, 0) is 0 Å². The fraction of sp³-hybridized carbons (Fsp3) is 0.400. The summed E-state index contributed by atoms with van der Waals surface area (Å²) in [6, 6.07) is 1.69. The second-order valence-electron chi connectivity index (χ2n) is 3.61. The fourth-order valence-electron chi connectivity index (χ4n) is 1.38. The first-order valence-corrected chi connectivity index (χ1v) is 4.87. The zero-order valence-electron chi connectivity index (χ0n) is 9.86. The lowest BCUT2D eigenvalue weighted by molar-refractivity contribution is -0.386. The minimum absolute atomic E-state index is 0. The van der Waals surface area contributed by atoms with Crippen molar-refractivity contribution in [1.82, 2.24) is 0 Å². The van der Waals surface area contributed by atoms with Crippen molar-refractivity contribution in [2.45, 2.75) is 19.1 Å². The molecule has 0 spiro atoms. The predicted molar refractivity (Wildman–Crippen MR) is 67.2 cm³/mol. The van der Waals surface area contributed by atoms with Crippen molar-refractivity contribution >= 4 is 18.1 Å². The Bertz CT molecular complexity index is 439. The number of nitrogens with two attached hydrogens (primary N) is 1. The molecule has 2 atom stereocenters. The number of nitrogens with zero attached hydrogens (tertiary/aromatic N) is 1. The first-order valence-electron chi connectivity index (χ1n) is 4.87. The van der Waals surface area contributed by atoms with Crippen LogP contribution < -0.4 is 10.5 Å². The Kier molecular flexibility index (Phi) is 5.83. The molecule has 0 radical (unpaired) electrons. The molecule has 18 heavy (non-hydrogen) atoms. The number of nitro benzene ring substituents is 1. The van der Waals surface area contributed by atoms with Crippen molar-refractivity contribution in [3.05, 3.63) is 27.8 Å². The average Bonchev–Trinajstić information content (AvgIpc) is 2.27. The molecule has 102 valence electrons. The lowest BCUT2D eigenvalue weighted by Gasteiger charge is -2.16. The Labute approximate surface area is 110 Å². The third-order valence-electron chi connectivity index (χ3n) is 2.40. The van der Waals surface area contributed by atoms with E-state index >= 15 is 0 Å². The van der Waals surface area contributed by atoms with Gasteiger partial charge in [-0.15, -0.1) is 12.4 Å². The number of nitro groups is 1. The van der Waals surface area contributed by atoms with Gasteiger partial charge in [-0.2, -0.15) is 0 Å². The van der Waals surface area contributed by atoms with Crippen LogP contribution in [0.3, 0.4) is 0 Å². The summed E-state index contributed by atoms with van der Waals surface area (Å²) in [7, 11) is 1.27. The number of phenols is 1. The first-order chi connectivity index (χ1) is 7.88. The van der Waals surface area contributed by atoms with Crippen molar-refractivity contribution < 1.29 is 19.9 Å².